The summed E-state index contributed by atoms with van der Waals surface area (Å²) in [5.41, 5.74) is 2.60. The summed E-state index contributed by atoms with van der Waals surface area (Å²) in [5.74, 6) is 0. The van der Waals surface area contributed by atoms with Gasteiger partial charge in [-0.1, -0.05) is 25.4 Å². The first-order valence-electron chi connectivity index (χ1n) is 7.47. The molecule has 1 aliphatic rings. The lowest BCUT2D eigenvalue weighted by atomic mass is 9.94. The maximum absolute atomic E-state index is 6.43. The Labute approximate surface area is 121 Å². The third-order valence-electron chi connectivity index (χ3n) is 4.37. The molecule has 108 valence electrons. The van der Waals surface area contributed by atoms with E-state index in [-0.39, 0.29) is 0 Å². The van der Waals surface area contributed by atoms with Crippen LogP contribution in [0.4, 0.5) is 0 Å². The van der Waals surface area contributed by atoms with E-state index < -0.39 is 0 Å². The van der Waals surface area contributed by atoms with Crippen LogP contribution in [0.1, 0.15) is 51.4 Å². The lowest BCUT2D eigenvalue weighted by Crippen LogP contribution is -2.39. The van der Waals surface area contributed by atoms with E-state index in [4.69, 9.17) is 11.6 Å². The van der Waals surface area contributed by atoms with E-state index in [1.807, 2.05) is 6.92 Å². The third kappa shape index (κ3) is 3.14. The van der Waals surface area contributed by atoms with Crippen molar-refractivity contribution in [2.45, 2.75) is 66.0 Å². The fourth-order valence-electron chi connectivity index (χ4n) is 2.69. The van der Waals surface area contributed by atoms with Crippen molar-refractivity contribution in [3.63, 3.8) is 0 Å². The first-order valence-corrected chi connectivity index (χ1v) is 7.84. The molecular formula is C15H26ClN3. The molecule has 2 rings (SSSR count). The van der Waals surface area contributed by atoms with Crippen molar-refractivity contribution >= 4 is 11.6 Å². The first-order chi connectivity index (χ1) is 9.01. The summed E-state index contributed by atoms with van der Waals surface area (Å²) in [6.45, 7) is 10.7. The molecule has 1 aromatic rings. The Kier molecular flexibility index (Phi) is 4.57. The second-order valence-corrected chi connectivity index (χ2v) is 6.40. The van der Waals surface area contributed by atoms with Crippen LogP contribution in [0.5, 0.6) is 0 Å². The molecule has 1 fully saturated rings. The topological polar surface area (TPSA) is 29.9 Å². The van der Waals surface area contributed by atoms with Crippen LogP contribution in [-0.2, 0) is 13.0 Å². The van der Waals surface area contributed by atoms with Gasteiger partial charge in [-0.05, 0) is 45.1 Å². The molecule has 0 saturated heterocycles. The molecule has 1 unspecified atom stereocenters. The number of hydrogen-bond donors (Lipinski definition) is 1. The van der Waals surface area contributed by atoms with E-state index in [0.29, 0.717) is 11.5 Å². The van der Waals surface area contributed by atoms with Gasteiger partial charge in [-0.3, -0.25) is 4.68 Å². The summed E-state index contributed by atoms with van der Waals surface area (Å²) < 4.78 is 2.06. The van der Waals surface area contributed by atoms with E-state index in [2.05, 4.69) is 35.9 Å². The zero-order chi connectivity index (χ0) is 14.0. The summed E-state index contributed by atoms with van der Waals surface area (Å²) in [7, 11) is 0. The molecule has 0 bridgehead atoms. The highest BCUT2D eigenvalue weighted by molar-refractivity contribution is 6.31. The molecular weight excluding hydrogens is 258 g/mol. The van der Waals surface area contributed by atoms with Crippen LogP contribution in [0.2, 0.25) is 5.02 Å². The van der Waals surface area contributed by atoms with Gasteiger partial charge in [0.2, 0.25) is 0 Å². The Morgan fingerprint density at radius 2 is 2.11 bits per heavy atom. The normalized spacial score (nSPS) is 18.6. The molecule has 3 nitrogen and oxygen atoms in total. The van der Waals surface area contributed by atoms with Gasteiger partial charge < -0.3 is 5.32 Å². The zero-order valence-corrected chi connectivity index (χ0v) is 13.3. The molecule has 0 aromatic carbocycles. The smallest absolute Gasteiger partial charge is 0.0847 e. The van der Waals surface area contributed by atoms with Crippen molar-refractivity contribution in [2.75, 3.05) is 6.54 Å². The monoisotopic (exact) mass is 283 g/mol. The number of hydrogen-bond acceptors (Lipinski definition) is 2. The molecule has 1 aliphatic carbocycles. The quantitative estimate of drug-likeness (QED) is 0.829. The van der Waals surface area contributed by atoms with E-state index >= 15 is 0 Å². The average Bonchev–Trinajstić information content (AvgIpc) is 3.08. The van der Waals surface area contributed by atoms with E-state index in [0.717, 1.165) is 30.2 Å². The van der Waals surface area contributed by atoms with Gasteiger partial charge in [0.05, 0.1) is 16.4 Å². The van der Waals surface area contributed by atoms with Crippen LogP contribution in [0.15, 0.2) is 0 Å². The highest BCUT2D eigenvalue weighted by atomic mass is 35.5. The van der Waals surface area contributed by atoms with Gasteiger partial charge in [0.1, 0.15) is 0 Å². The molecule has 0 amide bonds. The number of nitrogens with zero attached hydrogens (tertiary/aromatic N) is 2. The molecule has 0 spiro atoms. The van der Waals surface area contributed by atoms with E-state index in [9.17, 15) is 0 Å². The lowest BCUT2D eigenvalue weighted by Gasteiger charge is -2.25. The van der Waals surface area contributed by atoms with Crippen LogP contribution >= 0.6 is 11.6 Å². The lowest BCUT2D eigenvalue weighted by molar-refractivity contribution is 0.347. The van der Waals surface area contributed by atoms with Crippen LogP contribution in [-0.4, -0.2) is 22.4 Å². The van der Waals surface area contributed by atoms with Crippen LogP contribution in [0.25, 0.3) is 0 Å². The van der Waals surface area contributed by atoms with Gasteiger partial charge in [-0.25, -0.2) is 0 Å². The van der Waals surface area contributed by atoms with Gasteiger partial charge in [0, 0.05) is 19.0 Å². The largest absolute Gasteiger partial charge is 0.313 e. The minimum absolute atomic E-state index is 0.454. The predicted octanol–water partition coefficient (Wildman–Crippen LogP) is 3.58. The fourth-order valence-corrected chi connectivity index (χ4v) is 2.90. The Balaban J connectivity index is 2.16. The van der Waals surface area contributed by atoms with Crippen LogP contribution < -0.4 is 5.32 Å². The molecule has 1 N–H and O–H groups in total. The summed E-state index contributed by atoms with van der Waals surface area (Å²) in [4.78, 5) is 0. The second-order valence-electron chi connectivity index (χ2n) is 6.03. The van der Waals surface area contributed by atoms with Gasteiger partial charge >= 0.3 is 0 Å². The molecule has 1 atom stereocenters. The third-order valence-corrected chi connectivity index (χ3v) is 4.86. The number of aryl methyl sites for hydroxylation is 2. The van der Waals surface area contributed by atoms with Crippen molar-refractivity contribution in [2.24, 2.45) is 5.41 Å². The van der Waals surface area contributed by atoms with Crippen LogP contribution in [0.3, 0.4) is 0 Å². The summed E-state index contributed by atoms with van der Waals surface area (Å²) in [6.07, 6.45) is 4.81. The van der Waals surface area contributed by atoms with Crippen molar-refractivity contribution in [3.05, 3.63) is 16.4 Å². The van der Waals surface area contributed by atoms with Gasteiger partial charge in [-0.2, -0.15) is 5.10 Å². The fraction of sp³-hybridized carbons (Fsp3) is 0.800. The Morgan fingerprint density at radius 3 is 2.63 bits per heavy atom. The maximum Gasteiger partial charge on any atom is 0.0847 e. The van der Waals surface area contributed by atoms with Crippen molar-refractivity contribution in [3.8, 4) is 0 Å². The number of nitrogens with one attached hydrogen (secondary N) is 1. The highest BCUT2D eigenvalue weighted by Crippen LogP contribution is 2.49. The maximum atomic E-state index is 6.43. The summed E-state index contributed by atoms with van der Waals surface area (Å²) in [6, 6.07) is 0.520. The average molecular weight is 284 g/mol. The number of aromatic nitrogens is 2. The molecule has 4 heteroatoms. The Morgan fingerprint density at radius 1 is 1.42 bits per heavy atom. The minimum atomic E-state index is 0.454. The second kappa shape index (κ2) is 5.84. The molecule has 0 aliphatic heterocycles. The first kappa shape index (κ1) is 14.9. The molecule has 1 heterocycles. The van der Waals surface area contributed by atoms with E-state index in [1.165, 1.54) is 25.0 Å². The highest BCUT2D eigenvalue weighted by Gasteiger charge is 2.44. The molecule has 19 heavy (non-hydrogen) atoms. The van der Waals surface area contributed by atoms with Gasteiger partial charge in [-0.15, -0.1) is 0 Å². The van der Waals surface area contributed by atoms with Gasteiger partial charge in [0.15, 0.2) is 0 Å². The van der Waals surface area contributed by atoms with Crippen molar-refractivity contribution < 1.29 is 0 Å². The summed E-state index contributed by atoms with van der Waals surface area (Å²) in [5, 5.41) is 9.09. The minimum Gasteiger partial charge on any atom is -0.313 e. The Bertz CT molecular complexity index is 435. The van der Waals surface area contributed by atoms with Crippen molar-refractivity contribution in [1.29, 1.82) is 0 Å². The Hall–Kier alpha value is -0.540. The predicted molar refractivity (Wildman–Crippen MR) is 80.8 cm³/mol. The molecule has 0 radical (unpaired) electrons. The van der Waals surface area contributed by atoms with E-state index in [1.54, 1.807) is 0 Å². The van der Waals surface area contributed by atoms with Crippen LogP contribution in [0, 0.1) is 12.3 Å². The zero-order valence-electron chi connectivity index (χ0n) is 12.6. The van der Waals surface area contributed by atoms with Gasteiger partial charge in [0.25, 0.3) is 0 Å². The standard InChI is InChI=1S/C15H26ClN3/c1-5-9-17-13(15(4)7-8-15)10-12-14(16)11(3)18-19(12)6-2/h13,17H,5-10H2,1-4H3. The number of halogens is 1. The summed E-state index contributed by atoms with van der Waals surface area (Å²) >= 11 is 6.43. The molecule has 1 saturated carbocycles. The molecule has 1 aromatic heterocycles. The SMILES string of the molecule is CCCNC(Cc1c(Cl)c(C)nn1CC)C1(C)CC1. The van der Waals surface area contributed by atoms with Crippen molar-refractivity contribution in [1.82, 2.24) is 15.1 Å². The number of rotatable bonds is 7.